The van der Waals surface area contributed by atoms with Crippen LogP contribution in [0.2, 0.25) is 0 Å². The van der Waals surface area contributed by atoms with Crippen LogP contribution in [0.3, 0.4) is 0 Å². The van der Waals surface area contributed by atoms with Crippen molar-refractivity contribution in [3.63, 3.8) is 0 Å². The maximum Gasteiger partial charge on any atom is 0.325 e. The van der Waals surface area contributed by atoms with E-state index in [-0.39, 0.29) is 24.7 Å². The van der Waals surface area contributed by atoms with Gasteiger partial charge >= 0.3 is 5.97 Å². The van der Waals surface area contributed by atoms with Crippen molar-refractivity contribution < 1.29 is 29.1 Å². The molecule has 0 rings (SSSR count). The van der Waals surface area contributed by atoms with Crippen LogP contribution in [0.1, 0.15) is 26.2 Å². The molecule has 0 saturated heterocycles. The van der Waals surface area contributed by atoms with E-state index >= 15 is 0 Å². The molecule has 0 aliphatic heterocycles. The predicted molar refractivity (Wildman–Crippen MR) is 115 cm³/mol. The van der Waals surface area contributed by atoms with Gasteiger partial charge in [0.2, 0.25) is 23.6 Å². The van der Waals surface area contributed by atoms with Gasteiger partial charge in [0.15, 0.2) is 5.96 Å². The fourth-order valence-electron chi connectivity index (χ4n) is 2.20. The summed E-state index contributed by atoms with van der Waals surface area (Å²) in [6.45, 7) is 1.43. The van der Waals surface area contributed by atoms with Gasteiger partial charge in [0.1, 0.15) is 18.1 Å². The van der Waals surface area contributed by atoms with Gasteiger partial charge in [-0.25, -0.2) is 0 Å². The highest BCUT2D eigenvalue weighted by atomic mass is 32.1. The third-order valence-corrected chi connectivity index (χ3v) is 4.25. The first kappa shape index (κ1) is 27.9. The summed E-state index contributed by atoms with van der Waals surface area (Å²) >= 11 is 4.00. The Bertz CT molecular complexity index is 700. The topological polar surface area (TPSA) is 258 Å². The maximum atomic E-state index is 12.6. The van der Waals surface area contributed by atoms with E-state index in [2.05, 4.69) is 33.6 Å². The summed E-state index contributed by atoms with van der Waals surface area (Å²) in [7, 11) is 0. The van der Waals surface area contributed by atoms with E-state index < -0.39 is 60.2 Å². The summed E-state index contributed by atoms with van der Waals surface area (Å²) in [5.41, 5.74) is 21.0. The number of carboxylic acids is 1. The molecule has 0 spiro atoms. The van der Waals surface area contributed by atoms with Crippen LogP contribution in [0.15, 0.2) is 4.99 Å². The Morgan fingerprint density at radius 2 is 1.52 bits per heavy atom. The molecule has 176 valence electrons. The zero-order valence-corrected chi connectivity index (χ0v) is 17.9. The number of nitrogens with one attached hydrogen (secondary N) is 3. The number of carbonyl (C=O) groups excluding carboxylic acids is 4. The van der Waals surface area contributed by atoms with Gasteiger partial charge in [0, 0.05) is 12.3 Å². The molecule has 0 aromatic rings. The van der Waals surface area contributed by atoms with Gasteiger partial charge in [-0.2, -0.15) is 12.6 Å². The predicted octanol–water partition coefficient (Wildman–Crippen LogP) is -4.27. The lowest BCUT2D eigenvalue weighted by Crippen LogP contribution is -2.57. The molecule has 15 heteroatoms. The van der Waals surface area contributed by atoms with Gasteiger partial charge < -0.3 is 44.0 Å². The van der Waals surface area contributed by atoms with Crippen LogP contribution in [-0.2, 0) is 24.0 Å². The Balaban J connectivity index is 5.19. The van der Waals surface area contributed by atoms with E-state index in [9.17, 15) is 24.0 Å². The quantitative estimate of drug-likeness (QED) is 0.0523. The molecular formula is C16H30N8O6S. The first-order chi connectivity index (χ1) is 14.4. The second-order valence-electron chi connectivity index (χ2n) is 6.60. The first-order valence-corrected chi connectivity index (χ1v) is 9.86. The SMILES string of the molecule is CC(NC(=O)C(CCCN=C(N)N)NC(=O)C(CS)NC(=O)C(N)CC(N)=O)C(=O)O. The number of hydrogen-bond acceptors (Lipinski definition) is 8. The Labute approximate surface area is 184 Å². The number of hydrogen-bond donors (Lipinski definition) is 9. The summed E-state index contributed by atoms with van der Waals surface area (Å²) in [6, 6.07) is -4.78. The van der Waals surface area contributed by atoms with Crippen LogP contribution < -0.4 is 38.9 Å². The molecule has 4 unspecified atom stereocenters. The average molecular weight is 463 g/mol. The molecule has 0 bridgehead atoms. The van der Waals surface area contributed by atoms with Crippen molar-refractivity contribution in [3.8, 4) is 0 Å². The monoisotopic (exact) mass is 462 g/mol. The number of nitrogens with zero attached hydrogens (tertiary/aromatic N) is 1. The van der Waals surface area contributed by atoms with E-state index in [0.29, 0.717) is 6.42 Å². The van der Waals surface area contributed by atoms with E-state index in [0.717, 1.165) is 0 Å². The van der Waals surface area contributed by atoms with Gasteiger partial charge in [-0.3, -0.25) is 29.0 Å². The summed E-state index contributed by atoms with van der Waals surface area (Å²) in [5, 5.41) is 16.0. The van der Waals surface area contributed by atoms with Crippen LogP contribution in [0.4, 0.5) is 0 Å². The smallest absolute Gasteiger partial charge is 0.325 e. The zero-order valence-electron chi connectivity index (χ0n) is 17.0. The molecule has 14 nitrogen and oxygen atoms in total. The second-order valence-corrected chi connectivity index (χ2v) is 6.96. The van der Waals surface area contributed by atoms with Crippen molar-refractivity contribution in [1.82, 2.24) is 16.0 Å². The van der Waals surface area contributed by atoms with E-state index in [1.807, 2.05) is 0 Å². The van der Waals surface area contributed by atoms with Crippen molar-refractivity contribution in [2.75, 3.05) is 12.3 Å². The average Bonchev–Trinajstić information content (AvgIpc) is 2.66. The molecule has 0 radical (unpaired) electrons. The molecular weight excluding hydrogens is 432 g/mol. The minimum Gasteiger partial charge on any atom is -0.480 e. The number of aliphatic imine (C=N–C) groups is 1. The lowest BCUT2D eigenvalue weighted by atomic mass is 10.1. The minimum atomic E-state index is -1.26. The standard InChI is InChI=1S/C16H30N8O6S/c1-7(15(29)30)22-13(27)9(3-2-4-21-16(19)20)23-14(28)10(6-31)24-12(26)8(17)5-11(18)25/h7-10,31H,2-6,17H2,1H3,(H2,18,25)(H,22,27)(H,23,28)(H,24,26)(H,29,30)(H4,19,20,21). The van der Waals surface area contributed by atoms with Gasteiger partial charge in [0.25, 0.3) is 0 Å². The Morgan fingerprint density at radius 1 is 0.968 bits per heavy atom. The van der Waals surface area contributed by atoms with Gasteiger partial charge in [-0.1, -0.05) is 0 Å². The van der Waals surface area contributed by atoms with Gasteiger partial charge in [-0.15, -0.1) is 0 Å². The molecule has 0 aliphatic rings. The third kappa shape index (κ3) is 11.6. The number of nitrogens with two attached hydrogens (primary N) is 4. The van der Waals surface area contributed by atoms with E-state index in [1.165, 1.54) is 6.92 Å². The lowest BCUT2D eigenvalue weighted by Gasteiger charge is -2.23. The fraction of sp³-hybridized carbons (Fsp3) is 0.625. The molecule has 31 heavy (non-hydrogen) atoms. The van der Waals surface area contributed by atoms with Crippen molar-refractivity contribution in [2.24, 2.45) is 27.9 Å². The Hall–Kier alpha value is -3.07. The Kier molecular flexibility index (Phi) is 12.6. The van der Waals surface area contributed by atoms with Crippen LogP contribution >= 0.6 is 12.6 Å². The number of amides is 4. The van der Waals surface area contributed by atoms with Crippen LogP contribution in [-0.4, -0.2) is 77.1 Å². The largest absolute Gasteiger partial charge is 0.480 e. The maximum absolute atomic E-state index is 12.6. The molecule has 4 amide bonds. The van der Waals surface area contributed by atoms with Crippen molar-refractivity contribution >= 4 is 48.2 Å². The fourth-order valence-corrected chi connectivity index (χ4v) is 2.46. The first-order valence-electron chi connectivity index (χ1n) is 9.23. The number of rotatable bonds is 14. The highest BCUT2D eigenvalue weighted by Crippen LogP contribution is 2.02. The number of aliphatic carboxylic acids is 1. The van der Waals surface area contributed by atoms with Crippen molar-refractivity contribution in [3.05, 3.63) is 0 Å². The van der Waals surface area contributed by atoms with E-state index in [4.69, 9.17) is 28.0 Å². The highest BCUT2D eigenvalue weighted by molar-refractivity contribution is 7.80. The van der Waals surface area contributed by atoms with Crippen molar-refractivity contribution in [1.29, 1.82) is 0 Å². The second kappa shape index (κ2) is 14.0. The molecule has 0 saturated carbocycles. The summed E-state index contributed by atoms with van der Waals surface area (Å²) in [6.07, 6.45) is -0.0517. The number of primary amides is 1. The molecule has 0 aromatic heterocycles. The van der Waals surface area contributed by atoms with Gasteiger partial charge in [0.05, 0.1) is 12.5 Å². The molecule has 12 N–H and O–H groups in total. The normalized spacial score (nSPS) is 14.3. The lowest BCUT2D eigenvalue weighted by molar-refractivity contribution is -0.141. The molecule has 0 fully saturated rings. The minimum absolute atomic E-state index is 0.0785. The summed E-state index contributed by atoms with van der Waals surface area (Å²) in [4.78, 5) is 62.7. The van der Waals surface area contributed by atoms with Crippen LogP contribution in [0.25, 0.3) is 0 Å². The van der Waals surface area contributed by atoms with Crippen molar-refractivity contribution in [2.45, 2.75) is 50.4 Å². The van der Waals surface area contributed by atoms with Crippen LogP contribution in [0, 0.1) is 0 Å². The summed E-state index contributed by atoms with van der Waals surface area (Å²) in [5.74, 6) is -4.66. The molecule has 0 heterocycles. The molecule has 0 aromatic carbocycles. The summed E-state index contributed by atoms with van der Waals surface area (Å²) < 4.78 is 0. The van der Waals surface area contributed by atoms with Gasteiger partial charge in [-0.05, 0) is 19.8 Å². The number of thiol groups is 1. The highest BCUT2D eigenvalue weighted by Gasteiger charge is 2.28. The molecule has 0 aliphatic carbocycles. The number of carboxylic acid groups (broad SMARTS) is 1. The van der Waals surface area contributed by atoms with Crippen LogP contribution in [0.5, 0.6) is 0 Å². The Morgan fingerprint density at radius 3 is 2.00 bits per heavy atom. The molecule has 4 atom stereocenters. The number of carbonyl (C=O) groups is 5. The third-order valence-electron chi connectivity index (χ3n) is 3.88. The number of guanidine groups is 1. The van der Waals surface area contributed by atoms with E-state index in [1.54, 1.807) is 0 Å². The zero-order chi connectivity index (χ0) is 24.1.